The molecule has 5 nitrogen and oxygen atoms in total. The van der Waals surface area contributed by atoms with Gasteiger partial charge in [0.25, 0.3) is 0 Å². The van der Waals surface area contributed by atoms with Gasteiger partial charge in [-0.05, 0) is 12.5 Å². The molecule has 0 bridgehead atoms. The van der Waals surface area contributed by atoms with E-state index in [1.165, 1.54) is 0 Å². The molecule has 0 unspecified atom stereocenters. The Morgan fingerprint density at radius 3 is 2.94 bits per heavy atom. The van der Waals surface area contributed by atoms with Gasteiger partial charge in [0, 0.05) is 19.2 Å². The highest BCUT2D eigenvalue weighted by Crippen LogP contribution is 2.10. The minimum Gasteiger partial charge on any atom is -0.350 e. The number of aryl methyl sites for hydroxylation is 1. The van der Waals surface area contributed by atoms with Crippen LogP contribution in [-0.4, -0.2) is 35.1 Å². The molecule has 0 aliphatic carbocycles. The van der Waals surface area contributed by atoms with Crippen molar-refractivity contribution in [3.05, 3.63) is 18.0 Å². The van der Waals surface area contributed by atoms with Gasteiger partial charge in [-0.15, -0.1) is 0 Å². The summed E-state index contributed by atoms with van der Waals surface area (Å²) in [5.74, 6) is 0.127. The molecule has 2 heterocycles. The summed E-state index contributed by atoms with van der Waals surface area (Å²) in [4.78, 5) is 11.7. The Labute approximate surface area is 94.3 Å². The predicted octanol–water partition coefficient (Wildman–Crippen LogP) is 0.778. The molecule has 1 aliphatic rings. The number of Topliss-reactive ketones (excluding diaryl/α,β-unsaturated/α-hetero) is 1. The van der Waals surface area contributed by atoms with Gasteiger partial charge in [-0.3, -0.25) is 9.48 Å². The third kappa shape index (κ3) is 2.90. The maximum absolute atomic E-state index is 11.7. The zero-order valence-electron chi connectivity index (χ0n) is 9.39. The molecule has 0 aromatic carbocycles. The maximum atomic E-state index is 11.7. The zero-order valence-corrected chi connectivity index (χ0v) is 9.39. The van der Waals surface area contributed by atoms with Crippen molar-refractivity contribution in [2.24, 2.45) is 0 Å². The van der Waals surface area contributed by atoms with Crippen LogP contribution in [0.3, 0.4) is 0 Å². The van der Waals surface area contributed by atoms with E-state index in [2.05, 4.69) is 5.10 Å². The smallest absolute Gasteiger partial charge is 0.164 e. The van der Waals surface area contributed by atoms with Gasteiger partial charge in [0.15, 0.2) is 6.29 Å². The Bertz CT molecular complexity index is 356. The zero-order chi connectivity index (χ0) is 11.4. The molecule has 1 fully saturated rings. The quantitative estimate of drug-likeness (QED) is 0.741. The summed E-state index contributed by atoms with van der Waals surface area (Å²) in [5.41, 5.74) is 0.949. The third-order valence-corrected chi connectivity index (χ3v) is 2.50. The van der Waals surface area contributed by atoms with Crippen LogP contribution in [0, 0.1) is 0 Å². The summed E-state index contributed by atoms with van der Waals surface area (Å²) in [5, 5.41) is 4.12. The van der Waals surface area contributed by atoms with E-state index in [0.29, 0.717) is 26.1 Å². The SMILES string of the molecule is CCn1cc(CC(=O)CC2OCCO2)cn1. The Kier molecular flexibility index (Phi) is 3.69. The van der Waals surface area contributed by atoms with E-state index in [9.17, 15) is 4.79 Å². The number of aromatic nitrogens is 2. The molecule has 1 saturated heterocycles. The molecule has 1 aromatic heterocycles. The fourth-order valence-corrected chi connectivity index (χ4v) is 1.68. The van der Waals surface area contributed by atoms with Crippen molar-refractivity contribution in [2.75, 3.05) is 13.2 Å². The summed E-state index contributed by atoms with van der Waals surface area (Å²) in [6, 6.07) is 0. The van der Waals surface area contributed by atoms with Gasteiger partial charge in [0.05, 0.1) is 25.8 Å². The number of ketones is 1. The normalized spacial score (nSPS) is 16.8. The van der Waals surface area contributed by atoms with E-state index in [4.69, 9.17) is 9.47 Å². The van der Waals surface area contributed by atoms with E-state index < -0.39 is 0 Å². The van der Waals surface area contributed by atoms with E-state index >= 15 is 0 Å². The lowest BCUT2D eigenvalue weighted by Crippen LogP contribution is -2.15. The van der Waals surface area contributed by atoms with Gasteiger partial charge in [-0.2, -0.15) is 5.10 Å². The fourth-order valence-electron chi connectivity index (χ4n) is 1.68. The second-order valence-corrected chi connectivity index (χ2v) is 3.79. The Hall–Kier alpha value is -1.20. The average Bonchev–Trinajstić information content (AvgIpc) is 2.89. The summed E-state index contributed by atoms with van der Waals surface area (Å²) >= 11 is 0. The summed E-state index contributed by atoms with van der Waals surface area (Å²) < 4.78 is 12.3. The summed E-state index contributed by atoms with van der Waals surface area (Å²) in [6.45, 7) is 4.01. The number of nitrogens with zero attached hydrogens (tertiary/aromatic N) is 2. The molecule has 1 aliphatic heterocycles. The number of carbonyl (C=O) groups excluding carboxylic acids is 1. The molecule has 0 saturated carbocycles. The van der Waals surface area contributed by atoms with Crippen molar-refractivity contribution in [1.82, 2.24) is 9.78 Å². The third-order valence-electron chi connectivity index (χ3n) is 2.50. The average molecular weight is 224 g/mol. The highest BCUT2D eigenvalue weighted by Gasteiger charge is 2.19. The van der Waals surface area contributed by atoms with E-state index in [0.717, 1.165) is 12.1 Å². The van der Waals surface area contributed by atoms with Crippen LogP contribution in [0.4, 0.5) is 0 Å². The number of hydrogen-bond acceptors (Lipinski definition) is 4. The van der Waals surface area contributed by atoms with Crippen molar-refractivity contribution in [2.45, 2.75) is 32.6 Å². The van der Waals surface area contributed by atoms with E-state index in [-0.39, 0.29) is 12.1 Å². The Morgan fingerprint density at radius 2 is 2.31 bits per heavy atom. The van der Waals surface area contributed by atoms with E-state index in [1.807, 2.05) is 17.8 Å². The van der Waals surface area contributed by atoms with Gasteiger partial charge in [-0.25, -0.2) is 0 Å². The Balaban J connectivity index is 1.81. The lowest BCUT2D eigenvalue weighted by atomic mass is 10.1. The Morgan fingerprint density at radius 1 is 1.56 bits per heavy atom. The standard InChI is InChI=1S/C11H16N2O3/c1-2-13-8-9(7-12-13)5-10(14)6-11-15-3-4-16-11/h7-8,11H,2-6H2,1H3. The molecule has 1 aromatic rings. The highest BCUT2D eigenvalue weighted by atomic mass is 16.7. The number of rotatable bonds is 5. The van der Waals surface area contributed by atoms with Gasteiger partial charge in [-0.1, -0.05) is 0 Å². The van der Waals surface area contributed by atoms with Crippen molar-refractivity contribution < 1.29 is 14.3 Å². The molecular formula is C11H16N2O3. The van der Waals surface area contributed by atoms with Crippen LogP contribution in [-0.2, 0) is 27.2 Å². The van der Waals surface area contributed by atoms with Crippen LogP contribution >= 0.6 is 0 Å². The molecule has 2 rings (SSSR count). The molecular weight excluding hydrogens is 208 g/mol. The molecule has 0 atom stereocenters. The minimum absolute atomic E-state index is 0.127. The minimum atomic E-state index is -0.339. The van der Waals surface area contributed by atoms with Crippen LogP contribution < -0.4 is 0 Å². The molecule has 5 heteroatoms. The fraction of sp³-hybridized carbons (Fsp3) is 0.636. The van der Waals surface area contributed by atoms with Crippen molar-refractivity contribution >= 4 is 5.78 Å². The largest absolute Gasteiger partial charge is 0.350 e. The van der Waals surface area contributed by atoms with Crippen LogP contribution in [0.25, 0.3) is 0 Å². The second kappa shape index (κ2) is 5.23. The highest BCUT2D eigenvalue weighted by molar-refractivity contribution is 5.81. The van der Waals surface area contributed by atoms with Crippen LogP contribution in [0.5, 0.6) is 0 Å². The van der Waals surface area contributed by atoms with Crippen molar-refractivity contribution in [3.63, 3.8) is 0 Å². The first-order valence-corrected chi connectivity index (χ1v) is 5.54. The molecule has 16 heavy (non-hydrogen) atoms. The lowest BCUT2D eigenvalue weighted by molar-refractivity contribution is -0.126. The van der Waals surface area contributed by atoms with Crippen LogP contribution in [0.1, 0.15) is 18.9 Å². The monoisotopic (exact) mass is 224 g/mol. The van der Waals surface area contributed by atoms with Crippen molar-refractivity contribution in [1.29, 1.82) is 0 Å². The van der Waals surface area contributed by atoms with Gasteiger partial charge >= 0.3 is 0 Å². The predicted molar refractivity (Wildman–Crippen MR) is 56.9 cm³/mol. The first kappa shape index (κ1) is 11.3. The number of ether oxygens (including phenoxy) is 2. The molecule has 88 valence electrons. The first-order valence-electron chi connectivity index (χ1n) is 5.54. The van der Waals surface area contributed by atoms with Crippen molar-refractivity contribution in [3.8, 4) is 0 Å². The topological polar surface area (TPSA) is 53.4 Å². The molecule has 0 radical (unpaired) electrons. The van der Waals surface area contributed by atoms with Gasteiger partial charge in [0.2, 0.25) is 0 Å². The number of carbonyl (C=O) groups is 1. The summed E-state index contributed by atoms with van der Waals surface area (Å²) in [6.07, 6.45) is 4.03. The molecule has 0 N–H and O–H groups in total. The first-order chi connectivity index (χ1) is 7.78. The van der Waals surface area contributed by atoms with Gasteiger partial charge in [0.1, 0.15) is 5.78 Å². The van der Waals surface area contributed by atoms with Crippen LogP contribution in [0.2, 0.25) is 0 Å². The second-order valence-electron chi connectivity index (χ2n) is 3.79. The summed E-state index contributed by atoms with van der Waals surface area (Å²) in [7, 11) is 0. The molecule has 0 spiro atoms. The maximum Gasteiger partial charge on any atom is 0.164 e. The molecule has 0 amide bonds. The van der Waals surface area contributed by atoms with Crippen LogP contribution in [0.15, 0.2) is 12.4 Å². The van der Waals surface area contributed by atoms with Gasteiger partial charge < -0.3 is 9.47 Å². The number of hydrogen-bond donors (Lipinski definition) is 0. The lowest BCUT2D eigenvalue weighted by Gasteiger charge is -2.06. The van der Waals surface area contributed by atoms with E-state index in [1.54, 1.807) is 6.20 Å².